The monoisotopic (exact) mass is 72.0 g/mol. The first-order valence-corrected chi connectivity index (χ1v) is 1.35. The molecule has 1 radical (unpaired) electrons. The highest BCUT2D eigenvalue weighted by Crippen LogP contribution is 1.44. The molecule has 0 aromatic carbocycles. The molecule has 0 rings (SSSR count). The Morgan fingerprint density at radius 1 is 2.00 bits per heavy atom. The van der Waals surface area contributed by atoms with Crippen LogP contribution in [-0.4, -0.2) is 10.4 Å². The standard InChI is InChI=1S/H2N3Si/c1-2-3-4/h4H2. The number of nitrogens with zero attached hydrogens (tertiary/aromatic N) is 3. The van der Waals surface area contributed by atoms with Crippen LogP contribution in [0.3, 0.4) is 0 Å². The fourth-order valence-corrected chi connectivity index (χ4v) is 0. The van der Waals surface area contributed by atoms with E-state index in [0.717, 1.165) is 0 Å². The Labute approximate surface area is 26.8 Å². The van der Waals surface area contributed by atoms with Gasteiger partial charge in [-0.1, -0.05) is 0 Å². The summed E-state index contributed by atoms with van der Waals surface area (Å²) in [6, 6.07) is 0. The lowest BCUT2D eigenvalue weighted by Crippen LogP contribution is -1.30. The molecule has 0 amide bonds. The van der Waals surface area contributed by atoms with Crippen LogP contribution in [0.4, 0.5) is 0 Å². The number of hydrogen-bond acceptors (Lipinski definition) is 1. The normalized spacial score (nSPS) is 4.25. The fraction of sp³-hybridized carbons (Fsp3) is 0. The van der Waals surface area contributed by atoms with Gasteiger partial charge in [0.25, 0.3) is 0 Å². The van der Waals surface area contributed by atoms with Crippen LogP contribution in [-0.2, 0) is 0 Å². The molecule has 0 aliphatic heterocycles. The van der Waals surface area contributed by atoms with E-state index in [-0.39, 0.29) is 0 Å². The molecule has 0 aromatic rings. The molecule has 0 spiro atoms. The molecule has 21 valence electrons. The predicted molar refractivity (Wildman–Crippen MR) is 17.7 cm³/mol. The SMILES string of the molecule is [N-]=[N+]=N[SiH2]. The minimum atomic E-state index is 1.23. The molecule has 0 atom stereocenters. The Hall–Kier alpha value is -0.473. The molecule has 0 fully saturated rings. The smallest absolute Gasteiger partial charge is 0.117 e. The third-order valence-corrected chi connectivity index (χ3v) is 0.190. The van der Waals surface area contributed by atoms with Gasteiger partial charge in [-0.15, -0.1) is 4.78 Å². The van der Waals surface area contributed by atoms with Crippen LogP contribution in [0.25, 0.3) is 10.4 Å². The van der Waals surface area contributed by atoms with E-state index >= 15 is 0 Å². The molecule has 0 aromatic heterocycles. The maximum absolute atomic E-state index is 7.34. The summed E-state index contributed by atoms with van der Waals surface area (Å²) >= 11 is 0. The van der Waals surface area contributed by atoms with E-state index in [1.54, 1.807) is 0 Å². The minimum Gasteiger partial charge on any atom is -0.135 e. The van der Waals surface area contributed by atoms with E-state index in [4.69, 9.17) is 5.53 Å². The second kappa shape index (κ2) is 2.53. The molecule has 3 nitrogen and oxygen atoms in total. The van der Waals surface area contributed by atoms with Crippen LogP contribution < -0.4 is 0 Å². The van der Waals surface area contributed by atoms with Gasteiger partial charge < -0.3 is 0 Å². The first-order valence-electron chi connectivity index (χ1n) is 0.716. The van der Waals surface area contributed by atoms with Gasteiger partial charge in [0.1, 0.15) is 10.4 Å². The Morgan fingerprint density at radius 2 is 2.25 bits per heavy atom. The molecular weight excluding hydrogens is 70.1 g/mol. The molecule has 4 heteroatoms. The summed E-state index contributed by atoms with van der Waals surface area (Å²) < 4.78 is 2.94. The molecule has 0 aliphatic rings. The van der Waals surface area contributed by atoms with Crippen LogP contribution in [0.2, 0.25) is 0 Å². The zero-order chi connectivity index (χ0) is 3.41. The van der Waals surface area contributed by atoms with E-state index in [1.807, 2.05) is 0 Å². The number of rotatable bonds is 0. The second-order valence-corrected chi connectivity index (χ2v) is 0.514. The maximum atomic E-state index is 7.34. The molecule has 0 bridgehead atoms. The van der Waals surface area contributed by atoms with Gasteiger partial charge in [0, 0.05) is 0 Å². The highest BCUT2D eigenvalue weighted by Gasteiger charge is 1.28. The highest BCUT2D eigenvalue weighted by molar-refractivity contribution is 6.05. The van der Waals surface area contributed by atoms with Crippen LogP contribution >= 0.6 is 0 Å². The summed E-state index contributed by atoms with van der Waals surface area (Å²) in [5.41, 5.74) is 7.34. The first kappa shape index (κ1) is 3.53. The highest BCUT2D eigenvalue weighted by atomic mass is 28.2. The lowest BCUT2D eigenvalue weighted by atomic mass is 13.0. The van der Waals surface area contributed by atoms with Gasteiger partial charge in [-0.05, 0) is 10.4 Å². The van der Waals surface area contributed by atoms with Gasteiger partial charge in [-0.2, -0.15) is 0 Å². The van der Waals surface area contributed by atoms with Crippen molar-refractivity contribution in [3.8, 4) is 0 Å². The van der Waals surface area contributed by atoms with Crippen molar-refractivity contribution in [1.82, 2.24) is 0 Å². The van der Waals surface area contributed by atoms with Gasteiger partial charge >= 0.3 is 0 Å². The summed E-state index contributed by atoms with van der Waals surface area (Å²) in [5, 5.41) is 0. The summed E-state index contributed by atoms with van der Waals surface area (Å²) in [6.45, 7) is 0. The molecule has 0 heterocycles. The van der Waals surface area contributed by atoms with Gasteiger partial charge in [-0.3, -0.25) is 0 Å². The van der Waals surface area contributed by atoms with Gasteiger partial charge in [-0.25, -0.2) is 0 Å². The van der Waals surface area contributed by atoms with E-state index in [1.165, 1.54) is 10.4 Å². The van der Waals surface area contributed by atoms with Crippen molar-refractivity contribution in [3.63, 3.8) is 0 Å². The van der Waals surface area contributed by atoms with Gasteiger partial charge in [0.2, 0.25) is 0 Å². The Balaban J connectivity index is 3.11. The third-order valence-electron chi connectivity index (χ3n) is 0.0632. The summed E-state index contributed by atoms with van der Waals surface area (Å²) in [6.07, 6.45) is 0. The molecule has 0 unspecified atom stereocenters. The van der Waals surface area contributed by atoms with Crippen molar-refractivity contribution in [3.05, 3.63) is 10.4 Å². The third kappa shape index (κ3) is 1.53. The zero-order valence-corrected chi connectivity index (χ0v) is 3.46. The molecule has 0 aliphatic carbocycles. The van der Waals surface area contributed by atoms with E-state index < -0.39 is 0 Å². The van der Waals surface area contributed by atoms with Crippen molar-refractivity contribution in [2.24, 2.45) is 4.78 Å². The predicted octanol–water partition coefficient (Wildman–Crippen LogP) is -0.155. The van der Waals surface area contributed by atoms with Crippen molar-refractivity contribution < 1.29 is 0 Å². The van der Waals surface area contributed by atoms with E-state index in [2.05, 4.69) is 9.69 Å². The van der Waals surface area contributed by atoms with Crippen LogP contribution in [0.5, 0.6) is 0 Å². The van der Waals surface area contributed by atoms with Crippen molar-refractivity contribution >= 4 is 10.4 Å². The van der Waals surface area contributed by atoms with Crippen LogP contribution in [0.1, 0.15) is 0 Å². The first-order chi connectivity index (χ1) is 1.91. The Morgan fingerprint density at radius 3 is 2.25 bits per heavy atom. The van der Waals surface area contributed by atoms with Crippen LogP contribution in [0.15, 0.2) is 4.78 Å². The van der Waals surface area contributed by atoms with E-state index in [0.29, 0.717) is 0 Å². The molecule has 0 N–H and O–H groups in total. The van der Waals surface area contributed by atoms with Crippen molar-refractivity contribution in [2.45, 2.75) is 0 Å². The number of azide groups is 1. The minimum absolute atomic E-state index is 1.23. The van der Waals surface area contributed by atoms with Crippen molar-refractivity contribution in [1.29, 1.82) is 0 Å². The van der Waals surface area contributed by atoms with Gasteiger partial charge in [0.05, 0.1) is 0 Å². The van der Waals surface area contributed by atoms with Gasteiger partial charge in [0.15, 0.2) is 0 Å². The average Bonchev–Trinajstić information content (AvgIpc) is 1.37. The van der Waals surface area contributed by atoms with E-state index in [9.17, 15) is 0 Å². The maximum Gasteiger partial charge on any atom is 0.117 e. The largest absolute Gasteiger partial charge is 0.135 e. The average molecular weight is 72.1 g/mol. The summed E-state index contributed by atoms with van der Waals surface area (Å²) in [7, 11) is 1.23. The Kier molecular flexibility index (Phi) is 2.23. The lowest BCUT2D eigenvalue weighted by molar-refractivity contribution is 1.78. The summed E-state index contributed by atoms with van der Waals surface area (Å²) in [4.78, 5) is 2.37. The summed E-state index contributed by atoms with van der Waals surface area (Å²) in [5.74, 6) is 0. The lowest BCUT2D eigenvalue weighted by Gasteiger charge is -1.34. The quantitative estimate of drug-likeness (QED) is 0.165. The van der Waals surface area contributed by atoms with Crippen molar-refractivity contribution in [2.75, 3.05) is 0 Å². The second-order valence-electron chi connectivity index (χ2n) is 0.231. The fourth-order valence-electron chi connectivity index (χ4n) is 0. The molecular formula is H2N3Si. The molecule has 4 heavy (non-hydrogen) atoms. The Bertz CT molecular complexity index is 41.2. The zero-order valence-electron chi connectivity index (χ0n) is 2.05. The number of hydrogen-bond donors (Lipinski definition) is 0. The molecule has 0 saturated carbocycles. The van der Waals surface area contributed by atoms with Crippen LogP contribution in [0, 0.1) is 0 Å². The molecule has 0 saturated heterocycles. The topological polar surface area (TPSA) is 48.8 Å².